The monoisotopic (exact) mass is 326 g/mol. The van der Waals surface area contributed by atoms with Gasteiger partial charge in [-0.05, 0) is 17.0 Å². The molecule has 0 aliphatic heterocycles. The number of rotatable bonds is 5. The Kier molecular flexibility index (Phi) is 4.20. The molecule has 2 heterocycles. The van der Waals surface area contributed by atoms with Gasteiger partial charge in [-0.1, -0.05) is 30.3 Å². The average molecular weight is 326 g/mol. The summed E-state index contributed by atoms with van der Waals surface area (Å²) in [5, 5.41) is 8.64. The SMILES string of the molecule is NC(=O)Cn1cc(NC(=O)c2sccc2-c2ccccc2)cn1. The molecule has 0 bridgehead atoms. The lowest BCUT2D eigenvalue weighted by atomic mass is 10.1. The molecule has 0 saturated heterocycles. The molecule has 2 aromatic heterocycles. The molecular weight excluding hydrogens is 312 g/mol. The number of hydrogen-bond donors (Lipinski definition) is 2. The van der Waals surface area contributed by atoms with E-state index in [1.165, 1.54) is 22.2 Å². The molecule has 0 fully saturated rings. The van der Waals surface area contributed by atoms with E-state index in [4.69, 9.17) is 5.73 Å². The summed E-state index contributed by atoms with van der Waals surface area (Å²) >= 11 is 1.38. The molecule has 0 spiro atoms. The Labute approximate surface area is 136 Å². The molecule has 0 saturated carbocycles. The van der Waals surface area contributed by atoms with Crippen LogP contribution in [0.15, 0.2) is 54.2 Å². The first-order valence-corrected chi connectivity index (χ1v) is 7.76. The van der Waals surface area contributed by atoms with Crippen LogP contribution in [0.1, 0.15) is 9.67 Å². The van der Waals surface area contributed by atoms with Gasteiger partial charge < -0.3 is 11.1 Å². The third-order valence-electron chi connectivity index (χ3n) is 3.17. The largest absolute Gasteiger partial charge is 0.368 e. The van der Waals surface area contributed by atoms with Crippen LogP contribution in [0.4, 0.5) is 5.69 Å². The van der Waals surface area contributed by atoms with Crippen molar-refractivity contribution in [2.45, 2.75) is 6.54 Å². The minimum absolute atomic E-state index is 0.0237. The van der Waals surface area contributed by atoms with Crippen molar-refractivity contribution in [3.05, 3.63) is 59.0 Å². The fourth-order valence-electron chi connectivity index (χ4n) is 2.19. The van der Waals surface area contributed by atoms with E-state index in [1.54, 1.807) is 6.20 Å². The van der Waals surface area contributed by atoms with Crippen LogP contribution in [0.5, 0.6) is 0 Å². The minimum atomic E-state index is -0.490. The van der Waals surface area contributed by atoms with Gasteiger partial charge in [-0.2, -0.15) is 5.10 Å². The Morgan fingerprint density at radius 2 is 2.00 bits per heavy atom. The van der Waals surface area contributed by atoms with E-state index >= 15 is 0 Å². The minimum Gasteiger partial charge on any atom is -0.368 e. The summed E-state index contributed by atoms with van der Waals surface area (Å²) < 4.78 is 1.38. The van der Waals surface area contributed by atoms with Crippen molar-refractivity contribution in [2.24, 2.45) is 5.73 Å². The summed E-state index contributed by atoms with van der Waals surface area (Å²) in [6.07, 6.45) is 3.05. The number of nitrogens with zero attached hydrogens (tertiary/aromatic N) is 2. The van der Waals surface area contributed by atoms with Crippen LogP contribution in [0.2, 0.25) is 0 Å². The van der Waals surface area contributed by atoms with E-state index in [2.05, 4.69) is 10.4 Å². The van der Waals surface area contributed by atoms with E-state index in [0.717, 1.165) is 11.1 Å². The Morgan fingerprint density at radius 1 is 1.22 bits per heavy atom. The Morgan fingerprint density at radius 3 is 2.74 bits per heavy atom. The highest BCUT2D eigenvalue weighted by Crippen LogP contribution is 2.28. The summed E-state index contributed by atoms with van der Waals surface area (Å²) in [6, 6.07) is 11.6. The number of nitrogens with one attached hydrogen (secondary N) is 1. The van der Waals surface area contributed by atoms with Crippen LogP contribution in [0.25, 0.3) is 11.1 Å². The smallest absolute Gasteiger partial charge is 0.266 e. The first-order chi connectivity index (χ1) is 11.1. The molecule has 23 heavy (non-hydrogen) atoms. The number of anilines is 1. The summed E-state index contributed by atoms with van der Waals surface area (Å²) in [6.45, 7) is -0.0237. The predicted molar refractivity (Wildman–Crippen MR) is 89.1 cm³/mol. The molecule has 6 nitrogen and oxygen atoms in total. The molecule has 3 rings (SSSR count). The van der Waals surface area contributed by atoms with Gasteiger partial charge in [-0.25, -0.2) is 0 Å². The quantitative estimate of drug-likeness (QED) is 0.754. The van der Waals surface area contributed by atoms with E-state index in [0.29, 0.717) is 10.6 Å². The van der Waals surface area contributed by atoms with Crippen molar-refractivity contribution in [2.75, 3.05) is 5.32 Å². The predicted octanol–water partition coefficient (Wildman–Crippen LogP) is 2.35. The maximum Gasteiger partial charge on any atom is 0.266 e. The second-order valence-corrected chi connectivity index (χ2v) is 5.79. The van der Waals surface area contributed by atoms with Crippen LogP contribution in [0.3, 0.4) is 0 Å². The van der Waals surface area contributed by atoms with Gasteiger partial charge in [0.15, 0.2) is 0 Å². The van der Waals surface area contributed by atoms with Gasteiger partial charge in [-0.15, -0.1) is 11.3 Å². The fraction of sp³-hybridized carbons (Fsp3) is 0.0625. The van der Waals surface area contributed by atoms with Crippen LogP contribution in [0, 0.1) is 0 Å². The number of benzene rings is 1. The zero-order valence-electron chi connectivity index (χ0n) is 12.1. The number of nitrogens with two attached hydrogens (primary N) is 1. The van der Waals surface area contributed by atoms with Gasteiger partial charge in [0.05, 0.1) is 16.8 Å². The number of thiophene rings is 1. The molecule has 0 unspecified atom stereocenters. The molecule has 7 heteroatoms. The molecule has 116 valence electrons. The summed E-state index contributed by atoms with van der Waals surface area (Å²) in [7, 11) is 0. The summed E-state index contributed by atoms with van der Waals surface area (Å²) in [4.78, 5) is 24.0. The first kappa shape index (κ1) is 15.0. The second-order valence-electron chi connectivity index (χ2n) is 4.88. The molecule has 1 aromatic carbocycles. The van der Waals surface area contributed by atoms with E-state index in [9.17, 15) is 9.59 Å². The number of aromatic nitrogens is 2. The summed E-state index contributed by atoms with van der Waals surface area (Å²) in [5.74, 6) is -0.701. The molecule has 0 aliphatic carbocycles. The van der Waals surface area contributed by atoms with E-state index in [-0.39, 0.29) is 12.5 Å². The van der Waals surface area contributed by atoms with Crippen LogP contribution < -0.4 is 11.1 Å². The number of primary amides is 1. The standard InChI is InChI=1S/C16H14N4O2S/c17-14(21)10-20-9-12(8-18-20)19-16(22)15-13(6-7-23-15)11-4-2-1-3-5-11/h1-9H,10H2,(H2,17,21)(H,19,22). The maximum absolute atomic E-state index is 12.5. The second kappa shape index (κ2) is 6.45. The average Bonchev–Trinajstić information content (AvgIpc) is 3.17. The zero-order chi connectivity index (χ0) is 16.2. The molecule has 3 aromatic rings. The summed E-state index contributed by atoms with van der Waals surface area (Å²) in [5.41, 5.74) is 7.50. The Balaban J connectivity index is 1.78. The third kappa shape index (κ3) is 3.46. The number of hydrogen-bond acceptors (Lipinski definition) is 4. The normalized spacial score (nSPS) is 10.4. The lowest BCUT2D eigenvalue weighted by molar-refractivity contribution is -0.118. The highest BCUT2D eigenvalue weighted by atomic mass is 32.1. The Hall–Kier alpha value is -2.93. The van der Waals surface area contributed by atoms with Gasteiger partial charge in [0.2, 0.25) is 5.91 Å². The number of carbonyl (C=O) groups is 2. The first-order valence-electron chi connectivity index (χ1n) is 6.88. The van der Waals surface area contributed by atoms with Gasteiger partial charge in [-0.3, -0.25) is 14.3 Å². The lowest BCUT2D eigenvalue weighted by Crippen LogP contribution is -2.18. The topological polar surface area (TPSA) is 90.0 Å². The van der Waals surface area contributed by atoms with Gasteiger partial charge >= 0.3 is 0 Å². The van der Waals surface area contributed by atoms with Gasteiger partial charge in [0.1, 0.15) is 6.54 Å². The molecule has 0 atom stereocenters. The van der Waals surface area contributed by atoms with Gasteiger partial charge in [0.25, 0.3) is 5.91 Å². The molecular formula is C16H14N4O2S. The maximum atomic E-state index is 12.5. The Bertz CT molecular complexity index is 839. The van der Waals surface area contributed by atoms with Crippen molar-refractivity contribution >= 4 is 28.8 Å². The number of carbonyl (C=O) groups excluding carboxylic acids is 2. The van der Waals surface area contributed by atoms with Gasteiger partial charge in [0, 0.05) is 11.8 Å². The number of amides is 2. The van der Waals surface area contributed by atoms with Crippen molar-refractivity contribution in [3.63, 3.8) is 0 Å². The third-order valence-corrected chi connectivity index (χ3v) is 4.08. The van der Waals surface area contributed by atoms with Crippen LogP contribution >= 0.6 is 11.3 Å². The molecule has 2 amide bonds. The van der Waals surface area contributed by atoms with E-state index < -0.39 is 5.91 Å². The van der Waals surface area contributed by atoms with E-state index in [1.807, 2.05) is 41.8 Å². The van der Waals surface area contributed by atoms with Crippen molar-refractivity contribution in [1.29, 1.82) is 0 Å². The molecule has 0 radical (unpaired) electrons. The highest BCUT2D eigenvalue weighted by molar-refractivity contribution is 7.12. The molecule has 0 aliphatic rings. The van der Waals surface area contributed by atoms with Crippen LogP contribution in [-0.4, -0.2) is 21.6 Å². The van der Waals surface area contributed by atoms with Crippen LogP contribution in [-0.2, 0) is 11.3 Å². The zero-order valence-corrected chi connectivity index (χ0v) is 12.9. The fourth-order valence-corrected chi connectivity index (χ4v) is 3.00. The van der Waals surface area contributed by atoms with Crippen molar-refractivity contribution in [3.8, 4) is 11.1 Å². The van der Waals surface area contributed by atoms with Crippen molar-refractivity contribution < 1.29 is 9.59 Å². The highest BCUT2D eigenvalue weighted by Gasteiger charge is 2.15. The van der Waals surface area contributed by atoms with Crippen molar-refractivity contribution in [1.82, 2.24) is 9.78 Å². The molecule has 3 N–H and O–H groups in total. The lowest BCUT2D eigenvalue weighted by Gasteiger charge is -2.04.